The van der Waals surface area contributed by atoms with Crippen LogP contribution in [0.4, 0.5) is 0 Å². The van der Waals surface area contributed by atoms with Gasteiger partial charge in [0, 0.05) is 17.1 Å². The quantitative estimate of drug-likeness (QED) is 0.765. The fourth-order valence-corrected chi connectivity index (χ4v) is 3.66. The van der Waals surface area contributed by atoms with Crippen LogP contribution >= 0.6 is 11.6 Å². The maximum Gasteiger partial charge on any atom is 0.0406 e. The van der Waals surface area contributed by atoms with Crippen molar-refractivity contribution in [2.75, 3.05) is 0 Å². The lowest BCUT2D eigenvalue weighted by Crippen LogP contribution is -2.45. The van der Waals surface area contributed by atoms with Gasteiger partial charge in [-0.25, -0.2) is 0 Å². The van der Waals surface area contributed by atoms with Gasteiger partial charge in [0.2, 0.25) is 0 Å². The van der Waals surface area contributed by atoms with Crippen LogP contribution in [0.15, 0.2) is 24.3 Å². The van der Waals surface area contributed by atoms with Gasteiger partial charge in [-0.3, -0.25) is 0 Å². The van der Waals surface area contributed by atoms with Gasteiger partial charge in [0.05, 0.1) is 0 Å². The van der Waals surface area contributed by atoms with Crippen LogP contribution in [0.3, 0.4) is 0 Å². The molecule has 1 fully saturated rings. The molecule has 1 aliphatic rings. The van der Waals surface area contributed by atoms with E-state index in [9.17, 15) is 0 Å². The zero-order chi connectivity index (χ0) is 14.8. The number of hydrogen-bond donors (Lipinski definition) is 1. The van der Waals surface area contributed by atoms with Gasteiger partial charge in [-0.05, 0) is 48.8 Å². The molecule has 1 aromatic carbocycles. The van der Waals surface area contributed by atoms with Crippen LogP contribution in [-0.2, 0) is 0 Å². The minimum atomic E-state index is 0.387. The zero-order valence-corrected chi connectivity index (χ0v) is 14.0. The fourth-order valence-electron chi connectivity index (χ4n) is 3.54. The van der Waals surface area contributed by atoms with Gasteiger partial charge in [0.1, 0.15) is 0 Å². The summed E-state index contributed by atoms with van der Waals surface area (Å²) in [7, 11) is 0. The van der Waals surface area contributed by atoms with E-state index in [1.54, 1.807) is 0 Å². The molecule has 0 aromatic heterocycles. The second-order valence-electron chi connectivity index (χ2n) is 7.30. The topological polar surface area (TPSA) is 12.0 Å². The third-order valence-electron chi connectivity index (χ3n) is 4.71. The van der Waals surface area contributed by atoms with Crippen LogP contribution in [0, 0.1) is 11.3 Å². The lowest BCUT2D eigenvalue weighted by Gasteiger charge is -2.42. The lowest BCUT2D eigenvalue weighted by molar-refractivity contribution is 0.124. The summed E-state index contributed by atoms with van der Waals surface area (Å²) < 4.78 is 0. The number of hydrogen-bond acceptors (Lipinski definition) is 1. The number of rotatable bonds is 3. The normalized spacial score (nSPS) is 25.4. The predicted molar refractivity (Wildman–Crippen MR) is 88.2 cm³/mol. The highest BCUT2D eigenvalue weighted by molar-refractivity contribution is 6.30. The van der Waals surface area contributed by atoms with E-state index in [1.807, 2.05) is 12.1 Å². The van der Waals surface area contributed by atoms with Crippen molar-refractivity contribution >= 4 is 11.6 Å². The van der Waals surface area contributed by atoms with Gasteiger partial charge >= 0.3 is 0 Å². The minimum absolute atomic E-state index is 0.387. The summed E-state index contributed by atoms with van der Waals surface area (Å²) in [4.78, 5) is 0. The first-order valence-electron chi connectivity index (χ1n) is 7.89. The molecule has 0 saturated heterocycles. The first kappa shape index (κ1) is 15.9. The molecule has 20 heavy (non-hydrogen) atoms. The third kappa shape index (κ3) is 3.99. The van der Waals surface area contributed by atoms with Gasteiger partial charge in [-0.2, -0.15) is 0 Å². The van der Waals surface area contributed by atoms with Crippen molar-refractivity contribution < 1.29 is 0 Å². The first-order valence-corrected chi connectivity index (χ1v) is 8.27. The predicted octanol–water partition coefficient (Wildman–Crippen LogP) is 5.60. The molecular formula is C18H28ClN. The monoisotopic (exact) mass is 293 g/mol. The molecule has 0 bridgehead atoms. The molecule has 0 amide bonds. The van der Waals surface area contributed by atoms with Crippen molar-refractivity contribution in [1.29, 1.82) is 0 Å². The molecule has 2 heteroatoms. The molecule has 0 spiro atoms. The Hall–Kier alpha value is -0.530. The molecule has 2 rings (SSSR count). The molecule has 0 radical (unpaired) electrons. The van der Waals surface area contributed by atoms with Crippen molar-refractivity contribution in [3.8, 4) is 0 Å². The Balaban J connectivity index is 2.05. The summed E-state index contributed by atoms with van der Waals surface area (Å²) in [6.07, 6.45) is 5.40. The van der Waals surface area contributed by atoms with E-state index in [1.165, 1.54) is 31.2 Å². The van der Waals surface area contributed by atoms with Gasteiger partial charge in [0.25, 0.3) is 0 Å². The highest BCUT2D eigenvalue weighted by Gasteiger charge is 2.34. The number of nitrogens with one attached hydrogen (secondary N) is 1. The second-order valence-corrected chi connectivity index (χ2v) is 7.74. The number of benzene rings is 1. The molecule has 0 heterocycles. The highest BCUT2D eigenvalue weighted by Crippen LogP contribution is 2.38. The molecule has 112 valence electrons. The van der Waals surface area contributed by atoms with E-state index in [0.717, 1.165) is 10.9 Å². The van der Waals surface area contributed by atoms with Crippen LogP contribution in [0.5, 0.6) is 0 Å². The van der Waals surface area contributed by atoms with E-state index in [2.05, 4.69) is 45.1 Å². The van der Waals surface area contributed by atoms with Crippen molar-refractivity contribution in [3.63, 3.8) is 0 Å². The lowest BCUT2D eigenvalue weighted by atomic mass is 9.69. The van der Waals surface area contributed by atoms with Crippen LogP contribution < -0.4 is 5.32 Å². The molecule has 3 atom stereocenters. The Morgan fingerprint density at radius 2 is 1.70 bits per heavy atom. The van der Waals surface area contributed by atoms with Crippen molar-refractivity contribution in [1.82, 2.24) is 5.32 Å². The van der Waals surface area contributed by atoms with Gasteiger partial charge in [0.15, 0.2) is 0 Å². The van der Waals surface area contributed by atoms with E-state index < -0.39 is 0 Å². The maximum absolute atomic E-state index is 5.97. The Kier molecular flexibility index (Phi) is 5.14. The average molecular weight is 294 g/mol. The van der Waals surface area contributed by atoms with Crippen LogP contribution in [0.1, 0.15) is 65.0 Å². The Bertz CT molecular complexity index is 418. The largest absolute Gasteiger partial charge is 0.307 e. The van der Waals surface area contributed by atoms with Crippen molar-refractivity contribution in [2.24, 2.45) is 11.3 Å². The Labute approximate surface area is 129 Å². The van der Waals surface area contributed by atoms with E-state index in [4.69, 9.17) is 11.6 Å². The summed E-state index contributed by atoms with van der Waals surface area (Å²) >= 11 is 5.97. The molecule has 3 unspecified atom stereocenters. The van der Waals surface area contributed by atoms with Gasteiger partial charge in [-0.15, -0.1) is 0 Å². The van der Waals surface area contributed by atoms with E-state index in [0.29, 0.717) is 17.5 Å². The fraction of sp³-hybridized carbons (Fsp3) is 0.667. The van der Waals surface area contributed by atoms with Crippen LogP contribution in [0.2, 0.25) is 5.02 Å². The molecule has 0 aliphatic heterocycles. The summed E-state index contributed by atoms with van der Waals surface area (Å²) in [5, 5.41) is 4.68. The first-order chi connectivity index (χ1) is 9.38. The van der Waals surface area contributed by atoms with Gasteiger partial charge in [-0.1, -0.05) is 57.3 Å². The van der Waals surface area contributed by atoms with E-state index >= 15 is 0 Å². The Morgan fingerprint density at radius 1 is 1.10 bits per heavy atom. The summed E-state index contributed by atoms with van der Waals surface area (Å²) in [6.45, 7) is 9.40. The SMILES string of the molecule is CC(NC1CCCCC1C(C)(C)C)c1ccc(Cl)cc1. The Morgan fingerprint density at radius 3 is 2.30 bits per heavy atom. The van der Waals surface area contributed by atoms with Crippen LogP contribution in [0.25, 0.3) is 0 Å². The van der Waals surface area contributed by atoms with Crippen LogP contribution in [-0.4, -0.2) is 6.04 Å². The average Bonchev–Trinajstić information content (AvgIpc) is 2.38. The molecule has 1 N–H and O–H groups in total. The molecule has 1 aliphatic carbocycles. The summed E-state index contributed by atoms with van der Waals surface area (Å²) in [6, 6.07) is 9.26. The maximum atomic E-state index is 5.97. The molecule has 1 saturated carbocycles. The standard InChI is InChI=1S/C18H28ClN/c1-13(14-9-11-15(19)12-10-14)20-17-8-6-5-7-16(17)18(2,3)4/h9-13,16-17,20H,5-8H2,1-4H3. The van der Waals surface area contributed by atoms with Crippen molar-refractivity contribution in [2.45, 2.75) is 65.5 Å². The molecular weight excluding hydrogens is 266 g/mol. The van der Waals surface area contributed by atoms with Crippen molar-refractivity contribution in [3.05, 3.63) is 34.9 Å². The molecule has 1 nitrogen and oxygen atoms in total. The third-order valence-corrected chi connectivity index (χ3v) is 4.96. The van der Waals surface area contributed by atoms with E-state index in [-0.39, 0.29) is 0 Å². The summed E-state index contributed by atoms with van der Waals surface area (Å²) in [5.74, 6) is 0.769. The number of halogens is 1. The van der Waals surface area contributed by atoms with Gasteiger partial charge < -0.3 is 5.32 Å². The highest BCUT2D eigenvalue weighted by atomic mass is 35.5. The second kappa shape index (κ2) is 6.49. The minimum Gasteiger partial charge on any atom is -0.307 e. The molecule has 1 aromatic rings. The summed E-state index contributed by atoms with van der Waals surface area (Å²) in [5.41, 5.74) is 1.71. The zero-order valence-electron chi connectivity index (χ0n) is 13.2. The smallest absolute Gasteiger partial charge is 0.0406 e.